The number of allylic oxidation sites excluding steroid dienone is 24. The van der Waals surface area contributed by atoms with E-state index in [-0.39, 0.29) is 32.6 Å². The van der Waals surface area contributed by atoms with Crippen LogP contribution < -0.4 is 5.73 Å². The fourth-order valence-electron chi connectivity index (χ4n) is 9.52. The molecule has 9 nitrogen and oxygen atoms in total. The second-order valence-electron chi connectivity index (χ2n) is 23.0. The lowest BCUT2D eigenvalue weighted by Gasteiger charge is -2.19. The van der Waals surface area contributed by atoms with Gasteiger partial charge in [0.05, 0.1) is 13.2 Å². The molecular weight excluding hydrogens is 1100 g/mol. The van der Waals surface area contributed by atoms with Crippen LogP contribution in [0.1, 0.15) is 296 Å². The normalized spacial score (nSPS) is 13.8. The van der Waals surface area contributed by atoms with Crippen LogP contribution >= 0.6 is 7.82 Å². The fraction of sp³-hybridized carbons (Fsp3) is 0.662. The van der Waals surface area contributed by atoms with E-state index in [0.717, 1.165) is 109 Å². The highest BCUT2D eigenvalue weighted by Gasteiger charge is 2.26. The molecule has 0 spiro atoms. The molecule has 0 aromatic rings. The summed E-state index contributed by atoms with van der Waals surface area (Å²) in [4.78, 5) is 35.3. The minimum Gasteiger partial charge on any atom is -0.462 e. The Balaban J connectivity index is 4.01. The van der Waals surface area contributed by atoms with Crippen molar-refractivity contribution < 1.29 is 37.6 Å². The molecule has 0 saturated heterocycles. The molecule has 3 N–H and O–H groups in total. The van der Waals surface area contributed by atoms with Gasteiger partial charge in [0.2, 0.25) is 0 Å². The Morgan fingerprint density at radius 1 is 0.356 bits per heavy atom. The summed E-state index contributed by atoms with van der Waals surface area (Å²) >= 11 is 0. The number of carbonyl (C=O) groups excluding carboxylic acids is 2. The van der Waals surface area contributed by atoms with Gasteiger partial charge in [-0.1, -0.05) is 307 Å². The molecule has 0 saturated carbocycles. The van der Waals surface area contributed by atoms with Crippen molar-refractivity contribution >= 4 is 19.8 Å². The molecule has 0 aliphatic carbocycles. The van der Waals surface area contributed by atoms with E-state index < -0.39 is 32.5 Å². The summed E-state index contributed by atoms with van der Waals surface area (Å²) in [6.07, 6.45) is 102. The number of phosphoric acid groups is 1. The van der Waals surface area contributed by atoms with Crippen LogP contribution in [-0.4, -0.2) is 49.3 Å². The summed E-state index contributed by atoms with van der Waals surface area (Å²) in [5, 5.41) is 0. The molecule has 10 heteroatoms. The number of hydrogen-bond acceptors (Lipinski definition) is 8. The SMILES string of the molecule is CC/C=C\C/C=C\C/C=C\C/C=C\C/C=C\C/C=C\C/C=C\C/C=C\C/C=C\C/C=C\C/C=C\CCCCCC(=O)OC(COC(=O)CCCCCCCCCCCCCCCCCCC/C=C\CCCCCCCCCC)COP(=O)(O)OCCN. The van der Waals surface area contributed by atoms with E-state index >= 15 is 0 Å². The van der Waals surface area contributed by atoms with Crippen LogP contribution in [0.15, 0.2) is 146 Å². The molecule has 0 aromatic carbocycles. The average molecular weight is 1230 g/mol. The maximum absolute atomic E-state index is 12.8. The van der Waals surface area contributed by atoms with E-state index in [2.05, 4.69) is 160 Å². The quantitative estimate of drug-likeness (QED) is 0.0264. The molecule has 0 heterocycles. The molecule has 2 atom stereocenters. The zero-order valence-electron chi connectivity index (χ0n) is 55.7. The van der Waals surface area contributed by atoms with Crippen LogP contribution in [0.2, 0.25) is 0 Å². The standard InChI is InChI=1S/C77H130NO8P/c1-3-5-7-9-11-13-15-17-19-21-23-25-27-29-31-33-34-35-36-37-38-39-40-42-44-46-48-50-52-54-56-58-60-62-64-66-68-70-77(80)86-75(74-85-87(81,82)84-72-71-78)73-83-76(79)69-67-65-63-61-59-57-55-53-51-49-47-45-43-41-32-30-28-26-24-22-20-18-16-14-12-10-8-6-4-2/h5,7,11,13,17,19,22-25,29,31,34-35,37-38,40,42,46,48,52,54,58,60,75H,3-4,6,8-10,12,14-16,18,20-21,26-28,30,32-33,36,39,41,43-45,47,49-51,53,55-57,59,61-74,78H2,1-2H3,(H,81,82)/b7-5-,13-11-,19-17-,24-22-,25-23-,31-29-,35-34-,38-37-,42-40-,48-46-,54-52-,60-58-. The van der Waals surface area contributed by atoms with Crippen molar-refractivity contribution in [3.63, 3.8) is 0 Å². The van der Waals surface area contributed by atoms with Gasteiger partial charge in [0.15, 0.2) is 6.10 Å². The maximum Gasteiger partial charge on any atom is 0.472 e. The number of hydrogen-bond donors (Lipinski definition) is 2. The number of unbranched alkanes of at least 4 members (excludes halogenated alkanes) is 28. The van der Waals surface area contributed by atoms with Gasteiger partial charge in [-0.15, -0.1) is 0 Å². The van der Waals surface area contributed by atoms with Crippen LogP contribution in [0.5, 0.6) is 0 Å². The van der Waals surface area contributed by atoms with E-state index in [1.54, 1.807) is 0 Å². The van der Waals surface area contributed by atoms with Crippen molar-refractivity contribution in [3.8, 4) is 0 Å². The predicted molar refractivity (Wildman–Crippen MR) is 376 cm³/mol. The lowest BCUT2D eigenvalue weighted by molar-refractivity contribution is -0.161. The summed E-state index contributed by atoms with van der Waals surface area (Å²) in [6, 6.07) is 0. The van der Waals surface area contributed by atoms with Crippen LogP contribution in [-0.2, 0) is 32.7 Å². The third kappa shape index (κ3) is 70.8. The molecule has 496 valence electrons. The Labute approximate surface area is 535 Å². The van der Waals surface area contributed by atoms with Gasteiger partial charge in [-0.25, -0.2) is 4.57 Å². The zero-order chi connectivity index (χ0) is 63.0. The molecule has 0 fully saturated rings. The number of carbonyl (C=O) groups is 2. The van der Waals surface area contributed by atoms with Gasteiger partial charge in [-0.05, 0) is 122 Å². The zero-order valence-corrected chi connectivity index (χ0v) is 56.6. The summed E-state index contributed by atoms with van der Waals surface area (Å²) in [6.45, 7) is 3.60. The first-order valence-corrected chi connectivity index (χ1v) is 36.8. The van der Waals surface area contributed by atoms with Crippen molar-refractivity contribution in [2.75, 3.05) is 26.4 Å². The fourth-order valence-corrected chi connectivity index (χ4v) is 10.3. The lowest BCUT2D eigenvalue weighted by Crippen LogP contribution is -2.29. The van der Waals surface area contributed by atoms with Crippen molar-refractivity contribution in [2.45, 2.75) is 302 Å². The molecule has 87 heavy (non-hydrogen) atoms. The van der Waals surface area contributed by atoms with Crippen LogP contribution in [0.25, 0.3) is 0 Å². The van der Waals surface area contributed by atoms with Crippen molar-refractivity contribution in [3.05, 3.63) is 146 Å². The first-order valence-electron chi connectivity index (χ1n) is 35.3. The lowest BCUT2D eigenvalue weighted by atomic mass is 10.0. The van der Waals surface area contributed by atoms with Gasteiger partial charge in [0, 0.05) is 19.4 Å². The third-order valence-corrected chi connectivity index (χ3v) is 15.7. The molecule has 0 aliphatic heterocycles. The highest BCUT2D eigenvalue weighted by molar-refractivity contribution is 7.47. The van der Waals surface area contributed by atoms with E-state index in [1.165, 1.54) is 154 Å². The van der Waals surface area contributed by atoms with Crippen LogP contribution in [0.3, 0.4) is 0 Å². The minimum atomic E-state index is -4.41. The van der Waals surface area contributed by atoms with E-state index in [1.807, 2.05) is 0 Å². The molecule has 0 aromatic heterocycles. The maximum atomic E-state index is 12.8. The summed E-state index contributed by atoms with van der Waals surface area (Å²) in [5.74, 6) is -0.867. The van der Waals surface area contributed by atoms with Gasteiger partial charge >= 0.3 is 19.8 Å². The Bertz CT molecular complexity index is 1940. The Morgan fingerprint density at radius 3 is 0.966 bits per heavy atom. The molecule has 0 bridgehead atoms. The molecule has 0 rings (SSSR count). The molecule has 0 radical (unpaired) electrons. The predicted octanol–water partition coefficient (Wildman–Crippen LogP) is 23.4. The summed E-state index contributed by atoms with van der Waals surface area (Å²) in [7, 11) is -4.41. The highest BCUT2D eigenvalue weighted by Crippen LogP contribution is 2.43. The number of ether oxygens (including phenoxy) is 2. The molecule has 0 aliphatic rings. The second-order valence-corrected chi connectivity index (χ2v) is 24.5. The van der Waals surface area contributed by atoms with Gasteiger partial charge < -0.3 is 20.1 Å². The Kier molecular flexibility index (Phi) is 67.6. The monoisotopic (exact) mass is 1230 g/mol. The smallest absolute Gasteiger partial charge is 0.462 e. The van der Waals surface area contributed by atoms with Crippen molar-refractivity contribution in [1.82, 2.24) is 0 Å². The van der Waals surface area contributed by atoms with Crippen LogP contribution in [0, 0.1) is 0 Å². The van der Waals surface area contributed by atoms with E-state index in [4.69, 9.17) is 24.3 Å². The second kappa shape index (κ2) is 71.0. The van der Waals surface area contributed by atoms with Crippen molar-refractivity contribution in [1.29, 1.82) is 0 Å². The third-order valence-electron chi connectivity index (χ3n) is 14.7. The van der Waals surface area contributed by atoms with Crippen LogP contribution in [0.4, 0.5) is 0 Å². The molecule has 2 unspecified atom stereocenters. The first-order chi connectivity index (χ1) is 42.8. The van der Waals surface area contributed by atoms with Gasteiger partial charge in [-0.2, -0.15) is 0 Å². The van der Waals surface area contributed by atoms with Crippen molar-refractivity contribution in [2.24, 2.45) is 5.73 Å². The number of phosphoric ester groups is 1. The van der Waals surface area contributed by atoms with Gasteiger partial charge in [0.1, 0.15) is 6.61 Å². The Hall–Kier alpha value is -4.11. The number of rotatable bonds is 65. The highest BCUT2D eigenvalue weighted by atomic mass is 31.2. The van der Waals surface area contributed by atoms with E-state index in [9.17, 15) is 19.0 Å². The number of nitrogens with two attached hydrogens (primary N) is 1. The van der Waals surface area contributed by atoms with Gasteiger partial charge in [-0.3, -0.25) is 18.6 Å². The molecule has 0 amide bonds. The first kappa shape index (κ1) is 82.9. The summed E-state index contributed by atoms with van der Waals surface area (Å²) < 4.78 is 33.1. The Morgan fingerprint density at radius 2 is 0.632 bits per heavy atom. The largest absolute Gasteiger partial charge is 0.472 e. The minimum absolute atomic E-state index is 0.0412. The topological polar surface area (TPSA) is 134 Å². The number of esters is 2. The average Bonchev–Trinajstić information content (AvgIpc) is 3.65. The summed E-state index contributed by atoms with van der Waals surface area (Å²) in [5.41, 5.74) is 5.40. The molecular formula is C77H130NO8P. The van der Waals surface area contributed by atoms with E-state index in [0.29, 0.717) is 6.42 Å². The van der Waals surface area contributed by atoms with Gasteiger partial charge in [0.25, 0.3) is 0 Å².